The minimum atomic E-state index is -5.08. The highest BCUT2D eigenvalue weighted by Gasteiger charge is 2.38. The van der Waals surface area contributed by atoms with E-state index in [0.29, 0.717) is 17.9 Å². The number of nitrogens with two attached hydrogens (primary N) is 1. The van der Waals surface area contributed by atoms with Gasteiger partial charge >= 0.3 is 12.1 Å². The molecule has 0 saturated heterocycles. The maximum Gasteiger partial charge on any atom is 0.490 e. The van der Waals surface area contributed by atoms with Crippen molar-refractivity contribution in [2.75, 3.05) is 6.54 Å². The fourth-order valence-electron chi connectivity index (χ4n) is 2.52. The predicted octanol–water partition coefficient (Wildman–Crippen LogP) is 3.04. The summed E-state index contributed by atoms with van der Waals surface area (Å²) in [5.41, 5.74) is 8.25. The molecule has 5 N–H and O–H groups in total. The van der Waals surface area contributed by atoms with Crippen LogP contribution in [0.2, 0.25) is 0 Å². The third kappa shape index (κ3) is 5.08. The molecule has 3 aromatic rings. The molecule has 0 atom stereocenters. The van der Waals surface area contributed by atoms with Gasteiger partial charge in [0.15, 0.2) is 4.77 Å². The number of carboxylic acid groups (broad SMARTS) is 1. The summed E-state index contributed by atoms with van der Waals surface area (Å²) < 4.78 is 34.1. The van der Waals surface area contributed by atoms with Gasteiger partial charge in [-0.05, 0) is 37.3 Å². The lowest BCUT2D eigenvalue weighted by Gasteiger charge is -2.14. The van der Waals surface area contributed by atoms with Crippen molar-refractivity contribution < 1.29 is 23.1 Å². The summed E-state index contributed by atoms with van der Waals surface area (Å²) in [6.07, 6.45) is -2.39. The Bertz CT molecular complexity index is 1090. The molecule has 0 aliphatic carbocycles. The number of aliphatic carboxylic acids is 1. The second kappa shape index (κ2) is 8.85. The van der Waals surface area contributed by atoms with Crippen LogP contribution in [0.4, 0.5) is 13.2 Å². The highest BCUT2D eigenvalue weighted by Crippen LogP contribution is 2.27. The summed E-state index contributed by atoms with van der Waals surface area (Å²) in [5, 5.41) is 8.19. The summed E-state index contributed by atoms with van der Waals surface area (Å²) in [4.78, 5) is 26.6. The first-order valence-electron chi connectivity index (χ1n) is 8.06. The zero-order chi connectivity index (χ0) is 20.9. The third-order valence-electron chi connectivity index (χ3n) is 3.73. The van der Waals surface area contributed by atoms with Crippen LogP contribution in [0.3, 0.4) is 0 Å². The van der Waals surface area contributed by atoms with Crippen molar-refractivity contribution in [1.82, 2.24) is 14.5 Å². The molecule has 2 heterocycles. The second-order valence-electron chi connectivity index (χ2n) is 5.67. The predicted molar refractivity (Wildman–Crippen MR) is 101 cm³/mol. The molecular formula is C17H17F3N4O3S. The molecule has 28 heavy (non-hydrogen) atoms. The van der Waals surface area contributed by atoms with Gasteiger partial charge in [-0.1, -0.05) is 12.1 Å². The van der Waals surface area contributed by atoms with Gasteiger partial charge in [0.1, 0.15) is 0 Å². The van der Waals surface area contributed by atoms with Crippen LogP contribution in [0.5, 0.6) is 0 Å². The van der Waals surface area contributed by atoms with Crippen LogP contribution in [0, 0.1) is 4.77 Å². The fourth-order valence-corrected chi connectivity index (χ4v) is 2.81. The molecule has 0 fully saturated rings. The van der Waals surface area contributed by atoms with Crippen LogP contribution in [-0.4, -0.2) is 38.3 Å². The van der Waals surface area contributed by atoms with E-state index in [-0.39, 0.29) is 5.56 Å². The van der Waals surface area contributed by atoms with Crippen molar-refractivity contribution in [3.05, 3.63) is 51.7 Å². The smallest absolute Gasteiger partial charge is 0.475 e. The van der Waals surface area contributed by atoms with Gasteiger partial charge < -0.3 is 20.4 Å². The molecule has 2 aromatic heterocycles. The molecule has 0 saturated carbocycles. The normalized spacial score (nSPS) is 11.1. The average molecular weight is 414 g/mol. The molecule has 0 amide bonds. The molecule has 0 aliphatic rings. The lowest BCUT2D eigenvalue weighted by atomic mass is 10.1. The maximum atomic E-state index is 11.8. The summed E-state index contributed by atoms with van der Waals surface area (Å²) in [6.45, 7) is 1.26. The molecule has 1 aromatic carbocycles. The summed E-state index contributed by atoms with van der Waals surface area (Å²) in [7, 11) is 0. The standard InChI is InChI=1S/C15H16N4OS.C2HF3O2/c16-6-2-8-19-13(9-14(20)18-15(19)21)11-3-1-4-12-10(11)5-7-17-12;3-2(4,5)1(6)7/h1,3-5,7,9,17H,2,6,8,16H2,(H,18,20,21);(H,6,7). The minimum absolute atomic E-state index is 0.188. The zero-order valence-electron chi connectivity index (χ0n) is 14.4. The number of halogens is 3. The van der Waals surface area contributed by atoms with Crippen molar-refractivity contribution in [1.29, 1.82) is 0 Å². The number of nitrogens with one attached hydrogen (secondary N) is 2. The zero-order valence-corrected chi connectivity index (χ0v) is 15.2. The van der Waals surface area contributed by atoms with Crippen molar-refractivity contribution >= 4 is 29.1 Å². The Labute approximate surface area is 161 Å². The largest absolute Gasteiger partial charge is 0.490 e. The third-order valence-corrected chi connectivity index (χ3v) is 4.06. The van der Waals surface area contributed by atoms with Crippen molar-refractivity contribution in [3.8, 4) is 11.3 Å². The number of aromatic nitrogens is 3. The molecule has 0 aliphatic heterocycles. The highest BCUT2D eigenvalue weighted by molar-refractivity contribution is 7.71. The van der Waals surface area contributed by atoms with Crippen LogP contribution < -0.4 is 11.3 Å². The van der Waals surface area contributed by atoms with E-state index < -0.39 is 12.1 Å². The lowest BCUT2D eigenvalue weighted by Crippen LogP contribution is -2.21. The van der Waals surface area contributed by atoms with Crippen LogP contribution in [0.1, 0.15) is 6.42 Å². The monoisotopic (exact) mass is 414 g/mol. The van der Waals surface area contributed by atoms with Gasteiger partial charge in [-0.25, -0.2) is 4.79 Å². The maximum absolute atomic E-state index is 11.8. The molecule has 0 unspecified atom stereocenters. The molecule has 3 rings (SSSR count). The van der Waals surface area contributed by atoms with Gasteiger partial charge in [0, 0.05) is 35.3 Å². The number of H-pyrrole nitrogens is 2. The number of hydrogen-bond acceptors (Lipinski definition) is 4. The first-order valence-corrected chi connectivity index (χ1v) is 8.46. The summed E-state index contributed by atoms with van der Waals surface area (Å²) >= 11 is 5.30. The molecule has 0 radical (unpaired) electrons. The van der Waals surface area contributed by atoms with Gasteiger partial charge in [-0.3, -0.25) is 9.78 Å². The van der Waals surface area contributed by atoms with Crippen LogP contribution in [0.25, 0.3) is 22.2 Å². The van der Waals surface area contributed by atoms with E-state index in [2.05, 4.69) is 9.97 Å². The Morgan fingerprint density at radius 3 is 2.57 bits per heavy atom. The molecule has 11 heteroatoms. The SMILES string of the molecule is NCCCn1c(-c2cccc3[nH]ccc23)cc(=O)[nH]c1=S.O=C(O)C(F)(F)F. The highest BCUT2D eigenvalue weighted by atomic mass is 32.1. The van der Waals surface area contributed by atoms with Crippen molar-refractivity contribution in [3.63, 3.8) is 0 Å². The number of alkyl halides is 3. The van der Waals surface area contributed by atoms with Gasteiger partial charge in [-0.2, -0.15) is 13.2 Å². The van der Waals surface area contributed by atoms with E-state index in [4.69, 9.17) is 27.9 Å². The number of nitrogens with zero attached hydrogens (tertiary/aromatic N) is 1. The van der Waals surface area contributed by atoms with E-state index in [1.54, 1.807) is 6.07 Å². The van der Waals surface area contributed by atoms with Crippen LogP contribution in [-0.2, 0) is 11.3 Å². The number of benzene rings is 1. The topological polar surface area (TPSA) is 117 Å². The van der Waals surface area contributed by atoms with E-state index >= 15 is 0 Å². The molecule has 0 spiro atoms. The van der Waals surface area contributed by atoms with E-state index in [1.807, 2.05) is 35.0 Å². The van der Waals surface area contributed by atoms with E-state index in [1.165, 1.54) is 0 Å². The average Bonchev–Trinajstić information content (AvgIpc) is 3.09. The van der Waals surface area contributed by atoms with Crippen LogP contribution in [0.15, 0.2) is 41.3 Å². The van der Waals surface area contributed by atoms with Crippen molar-refractivity contribution in [2.24, 2.45) is 5.73 Å². The molecular weight excluding hydrogens is 397 g/mol. The Kier molecular flexibility index (Phi) is 6.75. The number of hydrogen-bond donors (Lipinski definition) is 4. The molecule has 0 bridgehead atoms. The fraction of sp³-hybridized carbons (Fsp3) is 0.235. The van der Waals surface area contributed by atoms with Gasteiger partial charge in [0.25, 0.3) is 5.56 Å². The minimum Gasteiger partial charge on any atom is -0.475 e. The first kappa shape index (κ1) is 21.4. The van der Waals surface area contributed by atoms with Gasteiger partial charge in [-0.15, -0.1) is 0 Å². The van der Waals surface area contributed by atoms with Crippen LogP contribution >= 0.6 is 12.2 Å². The van der Waals surface area contributed by atoms with E-state index in [0.717, 1.165) is 28.6 Å². The van der Waals surface area contributed by atoms with Gasteiger partial charge in [0.05, 0.1) is 5.69 Å². The summed E-state index contributed by atoms with van der Waals surface area (Å²) in [6, 6.07) is 9.56. The summed E-state index contributed by atoms with van der Waals surface area (Å²) in [5.74, 6) is -2.76. The molecule has 150 valence electrons. The second-order valence-corrected chi connectivity index (χ2v) is 6.05. The number of rotatable bonds is 4. The van der Waals surface area contributed by atoms with E-state index in [9.17, 15) is 18.0 Å². The van der Waals surface area contributed by atoms with Gasteiger partial charge in [0.2, 0.25) is 0 Å². The number of carbonyl (C=O) groups is 1. The molecule has 7 nitrogen and oxygen atoms in total. The Morgan fingerprint density at radius 2 is 1.96 bits per heavy atom. The van der Waals surface area contributed by atoms with Crippen molar-refractivity contribution in [2.45, 2.75) is 19.1 Å². The first-order chi connectivity index (χ1) is 13.1. The number of fused-ring (bicyclic) bond motifs is 1. The Balaban J connectivity index is 0.000000345. The Morgan fingerprint density at radius 1 is 1.29 bits per heavy atom. The Hall–Kier alpha value is -2.92. The number of carboxylic acids is 1. The number of aromatic amines is 2. The quantitative estimate of drug-likeness (QED) is 0.490. The lowest BCUT2D eigenvalue weighted by molar-refractivity contribution is -0.192.